The van der Waals surface area contributed by atoms with E-state index in [1.54, 1.807) is 0 Å². The van der Waals surface area contributed by atoms with Crippen LogP contribution in [0.3, 0.4) is 0 Å². The van der Waals surface area contributed by atoms with E-state index in [9.17, 15) is 0 Å². The molecule has 106 valence electrons. The van der Waals surface area contributed by atoms with E-state index < -0.39 is 0 Å². The minimum atomic E-state index is 0.291. The molecule has 0 aliphatic rings. The molecule has 1 unspecified atom stereocenters. The molecule has 1 aromatic carbocycles. The van der Waals surface area contributed by atoms with Gasteiger partial charge < -0.3 is 5.32 Å². The van der Waals surface area contributed by atoms with Gasteiger partial charge in [-0.3, -0.25) is 4.98 Å². The Morgan fingerprint density at radius 2 is 2.10 bits per heavy atom. The van der Waals surface area contributed by atoms with E-state index in [4.69, 9.17) is 0 Å². The molecule has 0 aliphatic heterocycles. The predicted octanol–water partition coefficient (Wildman–Crippen LogP) is 4.65. The van der Waals surface area contributed by atoms with E-state index in [2.05, 4.69) is 93.0 Å². The van der Waals surface area contributed by atoms with E-state index in [1.807, 2.05) is 6.20 Å². The van der Waals surface area contributed by atoms with Gasteiger partial charge in [0.25, 0.3) is 0 Å². The number of aryl methyl sites for hydroxylation is 1. The Balaban J connectivity index is 2.26. The fraction of sp³-hybridized carbons (Fsp3) is 0.312. The summed E-state index contributed by atoms with van der Waals surface area (Å²) in [6.45, 7) is 5.15. The zero-order valence-electron chi connectivity index (χ0n) is 11.7. The maximum atomic E-state index is 4.52. The molecule has 1 heterocycles. The lowest BCUT2D eigenvalue weighted by Crippen LogP contribution is -2.24. The van der Waals surface area contributed by atoms with Crippen LogP contribution in [0.2, 0.25) is 0 Å². The number of likely N-dealkylation sites (N-methyl/N-ethyl adjacent to an activating group) is 1. The minimum absolute atomic E-state index is 0.291. The molecule has 1 aromatic heterocycles. The van der Waals surface area contributed by atoms with Crippen molar-refractivity contribution in [2.75, 3.05) is 6.54 Å². The fourth-order valence-corrected chi connectivity index (χ4v) is 3.24. The number of rotatable bonds is 5. The Morgan fingerprint density at radius 1 is 1.30 bits per heavy atom. The van der Waals surface area contributed by atoms with Gasteiger partial charge in [0.1, 0.15) is 0 Å². The van der Waals surface area contributed by atoms with Crippen LogP contribution in [-0.2, 0) is 6.42 Å². The second kappa shape index (κ2) is 7.52. The summed E-state index contributed by atoms with van der Waals surface area (Å²) in [7, 11) is 0. The van der Waals surface area contributed by atoms with Crippen molar-refractivity contribution in [2.45, 2.75) is 26.3 Å². The van der Waals surface area contributed by atoms with Crippen molar-refractivity contribution in [1.82, 2.24) is 10.3 Å². The molecule has 2 rings (SSSR count). The lowest BCUT2D eigenvalue weighted by Gasteiger charge is -2.20. The Labute approximate surface area is 142 Å². The van der Waals surface area contributed by atoms with Crippen LogP contribution in [-0.4, -0.2) is 11.5 Å². The molecule has 1 atom stereocenters. The number of nitrogens with zero attached hydrogens (tertiary/aromatic N) is 1. The zero-order valence-corrected chi connectivity index (χ0v) is 15.4. The second-order valence-corrected chi connectivity index (χ2v) is 6.88. The molecular formula is C16H18BrIN2. The summed E-state index contributed by atoms with van der Waals surface area (Å²) in [5.41, 5.74) is 3.65. The van der Waals surface area contributed by atoms with E-state index in [-0.39, 0.29) is 0 Å². The minimum Gasteiger partial charge on any atom is -0.310 e. The first kappa shape index (κ1) is 15.9. The van der Waals surface area contributed by atoms with E-state index in [0.717, 1.165) is 23.1 Å². The lowest BCUT2D eigenvalue weighted by atomic mass is 10.0. The largest absolute Gasteiger partial charge is 0.310 e. The van der Waals surface area contributed by atoms with Crippen LogP contribution >= 0.6 is 38.5 Å². The van der Waals surface area contributed by atoms with Crippen molar-refractivity contribution in [3.8, 4) is 0 Å². The topological polar surface area (TPSA) is 24.9 Å². The van der Waals surface area contributed by atoms with Crippen LogP contribution in [0, 0.1) is 10.5 Å². The normalized spacial score (nSPS) is 12.4. The van der Waals surface area contributed by atoms with Gasteiger partial charge in [-0.25, -0.2) is 0 Å². The number of aromatic nitrogens is 1. The summed E-state index contributed by atoms with van der Waals surface area (Å²) in [6.07, 6.45) is 2.84. The third-order valence-corrected chi connectivity index (χ3v) is 4.65. The summed E-state index contributed by atoms with van der Waals surface area (Å²) in [5.74, 6) is 0. The summed E-state index contributed by atoms with van der Waals surface area (Å²) >= 11 is 5.96. The molecule has 0 saturated carbocycles. The van der Waals surface area contributed by atoms with Gasteiger partial charge in [0.15, 0.2) is 0 Å². The van der Waals surface area contributed by atoms with Gasteiger partial charge in [0.05, 0.1) is 0 Å². The van der Waals surface area contributed by atoms with Gasteiger partial charge in [0, 0.05) is 32.4 Å². The first-order valence-electron chi connectivity index (χ1n) is 6.70. The Morgan fingerprint density at radius 3 is 2.75 bits per heavy atom. The second-order valence-electron chi connectivity index (χ2n) is 4.81. The SMILES string of the molecule is CCNC(Cc1ccc(C)cn1)c1cc(Br)ccc1I. The van der Waals surface area contributed by atoms with E-state index in [1.165, 1.54) is 14.7 Å². The Kier molecular flexibility index (Phi) is 5.99. The summed E-state index contributed by atoms with van der Waals surface area (Å²) in [4.78, 5) is 4.52. The molecule has 0 amide bonds. The van der Waals surface area contributed by atoms with Crippen molar-refractivity contribution in [3.63, 3.8) is 0 Å². The molecule has 0 radical (unpaired) electrons. The predicted molar refractivity (Wildman–Crippen MR) is 96.0 cm³/mol. The maximum absolute atomic E-state index is 4.52. The van der Waals surface area contributed by atoms with Gasteiger partial charge in [-0.1, -0.05) is 28.9 Å². The molecule has 0 saturated heterocycles. The van der Waals surface area contributed by atoms with Crippen molar-refractivity contribution in [3.05, 3.63) is 61.4 Å². The van der Waals surface area contributed by atoms with Crippen molar-refractivity contribution in [2.24, 2.45) is 0 Å². The monoisotopic (exact) mass is 444 g/mol. The summed E-state index contributed by atoms with van der Waals surface area (Å²) in [5, 5.41) is 3.56. The highest BCUT2D eigenvalue weighted by atomic mass is 127. The molecule has 0 bridgehead atoms. The molecule has 2 nitrogen and oxygen atoms in total. The van der Waals surface area contributed by atoms with Gasteiger partial charge in [0.2, 0.25) is 0 Å². The van der Waals surface area contributed by atoms with E-state index in [0.29, 0.717) is 6.04 Å². The molecule has 2 aromatic rings. The van der Waals surface area contributed by atoms with Crippen molar-refractivity contribution >= 4 is 38.5 Å². The average molecular weight is 445 g/mol. The van der Waals surface area contributed by atoms with Crippen LogP contribution in [0.4, 0.5) is 0 Å². The quantitative estimate of drug-likeness (QED) is 0.679. The maximum Gasteiger partial charge on any atom is 0.0422 e. The first-order chi connectivity index (χ1) is 9.60. The summed E-state index contributed by atoms with van der Waals surface area (Å²) < 4.78 is 2.40. The number of benzene rings is 1. The molecular weight excluding hydrogens is 427 g/mol. The smallest absolute Gasteiger partial charge is 0.0422 e. The molecule has 1 N–H and O–H groups in total. The van der Waals surface area contributed by atoms with Crippen LogP contribution in [0.25, 0.3) is 0 Å². The fourth-order valence-electron chi connectivity index (χ4n) is 2.15. The van der Waals surface area contributed by atoms with E-state index >= 15 is 0 Å². The van der Waals surface area contributed by atoms with Crippen LogP contribution in [0.15, 0.2) is 41.0 Å². The summed E-state index contributed by atoms with van der Waals surface area (Å²) in [6, 6.07) is 11.0. The highest BCUT2D eigenvalue weighted by Gasteiger charge is 2.15. The molecule has 0 aliphatic carbocycles. The standard InChI is InChI=1S/C16H18BrIN2/c1-3-19-16(9-13-6-4-11(2)10-20-13)14-8-12(17)5-7-15(14)18/h4-8,10,16,19H,3,9H2,1-2H3. The number of hydrogen-bond acceptors (Lipinski definition) is 2. The van der Waals surface area contributed by atoms with Crippen molar-refractivity contribution in [1.29, 1.82) is 0 Å². The van der Waals surface area contributed by atoms with Crippen LogP contribution in [0.1, 0.15) is 29.8 Å². The van der Waals surface area contributed by atoms with Gasteiger partial charge in [-0.15, -0.1) is 0 Å². The zero-order chi connectivity index (χ0) is 14.5. The van der Waals surface area contributed by atoms with Gasteiger partial charge in [-0.2, -0.15) is 0 Å². The number of hydrogen-bond donors (Lipinski definition) is 1. The average Bonchev–Trinajstić information content (AvgIpc) is 2.43. The molecule has 0 fully saturated rings. The van der Waals surface area contributed by atoms with Gasteiger partial charge >= 0.3 is 0 Å². The lowest BCUT2D eigenvalue weighted by molar-refractivity contribution is 0.541. The molecule has 4 heteroatoms. The van der Waals surface area contributed by atoms with Crippen LogP contribution < -0.4 is 5.32 Å². The Bertz CT molecular complexity index is 569. The molecule has 0 spiro atoms. The first-order valence-corrected chi connectivity index (χ1v) is 8.57. The van der Waals surface area contributed by atoms with Crippen molar-refractivity contribution < 1.29 is 0 Å². The van der Waals surface area contributed by atoms with Gasteiger partial charge in [-0.05, 0) is 71.5 Å². The molecule has 20 heavy (non-hydrogen) atoms. The number of halogens is 2. The highest BCUT2D eigenvalue weighted by Crippen LogP contribution is 2.26. The highest BCUT2D eigenvalue weighted by molar-refractivity contribution is 14.1. The van der Waals surface area contributed by atoms with Crippen LogP contribution in [0.5, 0.6) is 0 Å². The number of nitrogens with one attached hydrogen (secondary N) is 1. The third-order valence-electron chi connectivity index (χ3n) is 3.17. The third kappa shape index (κ3) is 4.27. The Hall–Kier alpha value is -0.460. The number of pyridine rings is 1.